The molecule has 4 bridgehead atoms. The molecule has 0 radical (unpaired) electrons. The molecule has 0 atom stereocenters. The molecule has 0 heterocycles. The molecule has 0 unspecified atom stereocenters. The van der Waals surface area contributed by atoms with Gasteiger partial charge in [0.2, 0.25) is 5.91 Å². The maximum absolute atomic E-state index is 12.2. The Bertz CT molecular complexity index is 345. The smallest absolute Gasteiger partial charge is 0.272 e. The minimum absolute atomic E-state index is 0.337. The molecule has 0 aromatic heterocycles. The summed E-state index contributed by atoms with van der Waals surface area (Å²) in [5, 5.41) is 0. The van der Waals surface area contributed by atoms with Crippen molar-refractivity contribution >= 4 is 5.91 Å². The number of hydrogen-bond acceptors (Lipinski definition) is 2. The fourth-order valence-electron chi connectivity index (χ4n) is 4.68. The first-order valence-corrected chi connectivity index (χ1v) is 6.85. The molecular weight excluding hydrogens is 259 g/mol. The van der Waals surface area contributed by atoms with Crippen LogP contribution in [-0.4, -0.2) is 18.7 Å². The van der Waals surface area contributed by atoms with Gasteiger partial charge in [0, 0.05) is 0 Å². The first-order chi connectivity index (χ1) is 8.86. The van der Waals surface area contributed by atoms with Crippen LogP contribution in [0.1, 0.15) is 38.5 Å². The summed E-state index contributed by atoms with van der Waals surface area (Å²) in [4.78, 5) is 16.5. The van der Waals surface area contributed by atoms with Crippen LogP contribution in [-0.2, 0) is 9.63 Å². The molecule has 0 aromatic rings. The van der Waals surface area contributed by atoms with E-state index in [0.717, 1.165) is 19.3 Å². The topological polar surface area (TPSA) is 38.3 Å². The summed E-state index contributed by atoms with van der Waals surface area (Å²) in [5.41, 5.74) is 1.58. The number of hydrogen-bond donors (Lipinski definition) is 1. The minimum Gasteiger partial charge on any atom is -0.272 e. The molecule has 4 aliphatic rings. The zero-order valence-electron chi connectivity index (χ0n) is 10.6. The van der Waals surface area contributed by atoms with Crippen LogP contribution in [0, 0.1) is 23.2 Å². The molecule has 1 N–H and O–H groups in total. The third-order valence-electron chi connectivity index (χ3n) is 4.92. The molecule has 6 heteroatoms. The normalized spacial score (nSPS) is 40.5. The third kappa shape index (κ3) is 2.59. The van der Waals surface area contributed by atoms with E-state index in [1.54, 1.807) is 0 Å². The van der Waals surface area contributed by atoms with Crippen molar-refractivity contribution in [2.24, 2.45) is 23.2 Å². The van der Waals surface area contributed by atoms with Crippen molar-refractivity contribution in [2.45, 2.75) is 44.7 Å². The molecule has 4 aliphatic carbocycles. The summed E-state index contributed by atoms with van der Waals surface area (Å²) < 4.78 is 36.0. The van der Waals surface area contributed by atoms with Gasteiger partial charge in [0.15, 0.2) is 6.61 Å². The van der Waals surface area contributed by atoms with Crippen LogP contribution in [0.15, 0.2) is 0 Å². The lowest BCUT2D eigenvalue weighted by atomic mass is 9.49. The lowest BCUT2D eigenvalue weighted by molar-refractivity contribution is -0.198. The van der Waals surface area contributed by atoms with Crippen molar-refractivity contribution in [3.63, 3.8) is 0 Å². The molecular formula is C13H18F3NO2. The van der Waals surface area contributed by atoms with Gasteiger partial charge in [0.05, 0.1) is 5.41 Å². The van der Waals surface area contributed by atoms with E-state index in [2.05, 4.69) is 4.84 Å². The van der Waals surface area contributed by atoms with E-state index in [9.17, 15) is 18.0 Å². The van der Waals surface area contributed by atoms with Crippen molar-refractivity contribution in [3.05, 3.63) is 0 Å². The van der Waals surface area contributed by atoms with Gasteiger partial charge in [-0.3, -0.25) is 9.63 Å². The Morgan fingerprint density at radius 3 is 2.00 bits per heavy atom. The number of halogens is 3. The van der Waals surface area contributed by atoms with Crippen LogP contribution in [0.4, 0.5) is 13.2 Å². The zero-order valence-corrected chi connectivity index (χ0v) is 10.6. The van der Waals surface area contributed by atoms with Gasteiger partial charge in [-0.2, -0.15) is 13.2 Å². The molecule has 4 fully saturated rings. The number of carbonyl (C=O) groups excluding carboxylic acids is 1. The van der Waals surface area contributed by atoms with Gasteiger partial charge < -0.3 is 0 Å². The minimum atomic E-state index is -4.41. The van der Waals surface area contributed by atoms with Gasteiger partial charge >= 0.3 is 6.18 Å². The van der Waals surface area contributed by atoms with Crippen molar-refractivity contribution in [2.75, 3.05) is 6.61 Å². The first kappa shape index (κ1) is 13.2. The second-order valence-corrected chi connectivity index (χ2v) is 6.53. The second kappa shape index (κ2) is 4.36. The van der Waals surface area contributed by atoms with Crippen LogP contribution in [0.2, 0.25) is 0 Å². The fourth-order valence-corrected chi connectivity index (χ4v) is 4.68. The number of rotatable bonds is 3. The Hall–Kier alpha value is -0.780. The molecule has 1 amide bonds. The fraction of sp³-hybridized carbons (Fsp3) is 0.923. The lowest BCUT2D eigenvalue weighted by Gasteiger charge is -2.55. The summed E-state index contributed by atoms with van der Waals surface area (Å²) >= 11 is 0. The number of amides is 1. The van der Waals surface area contributed by atoms with Crippen LogP contribution < -0.4 is 5.48 Å². The molecule has 3 nitrogen and oxygen atoms in total. The molecule has 4 rings (SSSR count). The average Bonchev–Trinajstić information content (AvgIpc) is 2.25. The van der Waals surface area contributed by atoms with Gasteiger partial charge in [-0.1, -0.05) is 0 Å². The lowest BCUT2D eigenvalue weighted by Crippen LogP contribution is -2.53. The highest BCUT2D eigenvalue weighted by molar-refractivity contribution is 5.82. The first-order valence-electron chi connectivity index (χ1n) is 6.85. The Balaban J connectivity index is 1.60. The van der Waals surface area contributed by atoms with Crippen LogP contribution >= 0.6 is 0 Å². The van der Waals surface area contributed by atoms with Gasteiger partial charge in [0.1, 0.15) is 0 Å². The number of alkyl halides is 3. The van der Waals surface area contributed by atoms with E-state index in [0.29, 0.717) is 17.8 Å². The standard InChI is InChI=1S/C13H18F3NO2/c14-13(15,16)7-19-17-11(18)12-4-8-1-9(5-12)3-10(2-8)6-12/h8-10H,1-7H2,(H,17,18). The van der Waals surface area contributed by atoms with Gasteiger partial charge in [-0.05, 0) is 56.3 Å². The van der Waals surface area contributed by atoms with Crippen molar-refractivity contribution in [3.8, 4) is 0 Å². The van der Waals surface area contributed by atoms with Crippen LogP contribution in [0.5, 0.6) is 0 Å². The molecule has 0 spiro atoms. The Labute approximate surface area is 109 Å². The van der Waals surface area contributed by atoms with E-state index in [4.69, 9.17) is 0 Å². The van der Waals surface area contributed by atoms with E-state index in [1.807, 2.05) is 5.48 Å². The molecule has 0 aromatic carbocycles. The molecule has 0 aliphatic heterocycles. The van der Waals surface area contributed by atoms with Crippen molar-refractivity contribution in [1.82, 2.24) is 5.48 Å². The zero-order chi connectivity index (χ0) is 13.7. The SMILES string of the molecule is O=C(NOCC(F)(F)F)C12CC3CC(CC(C3)C1)C2. The summed E-state index contributed by atoms with van der Waals surface area (Å²) in [6, 6.07) is 0. The quantitative estimate of drug-likeness (QED) is 0.806. The Morgan fingerprint density at radius 2 is 1.58 bits per heavy atom. The highest BCUT2D eigenvalue weighted by atomic mass is 19.4. The summed E-state index contributed by atoms with van der Waals surface area (Å²) in [7, 11) is 0. The number of nitrogens with one attached hydrogen (secondary N) is 1. The molecule has 0 saturated heterocycles. The van der Waals surface area contributed by atoms with Gasteiger partial charge in [0.25, 0.3) is 0 Å². The molecule has 4 saturated carbocycles. The summed E-state index contributed by atoms with van der Waals surface area (Å²) in [6.45, 7) is -1.43. The van der Waals surface area contributed by atoms with E-state index >= 15 is 0 Å². The largest absolute Gasteiger partial charge is 0.414 e. The maximum atomic E-state index is 12.2. The summed E-state index contributed by atoms with van der Waals surface area (Å²) in [6.07, 6.45) is 1.62. The predicted molar refractivity (Wildman–Crippen MR) is 60.8 cm³/mol. The summed E-state index contributed by atoms with van der Waals surface area (Å²) in [5.74, 6) is 1.41. The molecule has 19 heavy (non-hydrogen) atoms. The Morgan fingerprint density at radius 1 is 1.11 bits per heavy atom. The molecule has 108 valence electrons. The third-order valence-corrected chi connectivity index (χ3v) is 4.92. The van der Waals surface area contributed by atoms with E-state index < -0.39 is 18.2 Å². The Kier molecular flexibility index (Phi) is 3.04. The van der Waals surface area contributed by atoms with E-state index in [-0.39, 0.29) is 5.91 Å². The number of hydroxylamine groups is 1. The maximum Gasteiger partial charge on any atom is 0.414 e. The van der Waals surface area contributed by atoms with Crippen molar-refractivity contribution in [1.29, 1.82) is 0 Å². The second-order valence-electron chi connectivity index (χ2n) is 6.53. The van der Waals surface area contributed by atoms with Crippen molar-refractivity contribution < 1.29 is 22.8 Å². The highest BCUT2D eigenvalue weighted by Gasteiger charge is 2.54. The number of carbonyl (C=O) groups is 1. The van der Waals surface area contributed by atoms with Crippen LogP contribution in [0.25, 0.3) is 0 Å². The average molecular weight is 277 g/mol. The van der Waals surface area contributed by atoms with E-state index in [1.165, 1.54) is 19.3 Å². The monoisotopic (exact) mass is 277 g/mol. The predicted octanol–water partition coefficient (Wildman–Crippen LogP) is 2.81. The van der Waals surface area contributed by atoms with Gasteiger partial charge in [-0.15, -0.1) is 0 Å². The van der Waals surface area contributed by atoms with Gasteiger partial charge in [-0.25, -0.2) is 5.48 Å². The highest BCUT2D eigenvalue weighted by Crippen LogP contribution is 2.60. The van der Waals surface area contributed by atoms with Crippen LogP contribution in [0.3, 0.4) is 0 Å².